The van der Waals surface area contributed by atoms with Gasteiger partial charge in [-0.15, -0.1) is 0 Å². The second-order valence-corrected chi connectivity index (χ2v) is 4.70. The van der Waals surface area contributed by atoms with Crippen molar-refractivity contribution in [3.05, 3.63) is 77.9 Å². The van der Waals surface area contributed by atoms with Gasteiger partial charge >= 0.3 is 0 Å². The standard InChI is InChI=1S/C20H18O/c21-20(19-15-9-5-10-16-19)17-11-3-1-2-6-12-18-13-7-4-8-14-18/h4-10,12-16H,1-3H2/b12-6+. The molecule has 0 aliphatic heterocycles. The van der Waals surface area contributed by atoms with Gasteiger partial charge in [0, 0.05) is 12.0 Å². The normalized spacial score (nSPS) is 10.1. The average Bonchev–Trinajstić information content (AvgIpc) is 2.55. The zero-order valence-corrected chi connectivity index (χ0v) is 12.0. The Balaban J connectivity index is 1.70. The number of carbonyl (C=O) groups excluding carboxylic acids is 1. The van der Waals surface area contributed by atoms with Crippen LogP contribution in [0.4, 0.5) is 0 Å². The van der Waals surface area contributed by atoms with Gasteiger partial charge in [-0.25, -0.2) is 0 Å². The Bertz CT molecular complexity index is 642. The second kappa shape index (κ2) is 8.55. The highest BCUT2D eigenvalue weighted by molar-refractivity contribution is 6.08. The monoisotopic (exact) mass is 274 g/mol. The molecule has 2 aromatic carbocycles. The molecule has 0 atom stereocenters. The first kappa shape index (κ1) is 14.8. The van der Waals surface area contributed by atoms with Gasteiger partial charge in [-0.1, -0.05) is 78.7 Å². The molecule has 0 saturated heterocycles. The van der Waals surface area contributed by atoms with Gasteiger partial charge in [-0.05, 0) is 24.3 Å². The lowest BCUT2D eigenvalue weighted by molar-refractivity contribution is 0.105. The van der Waals surface area contributed by atoms with Crippen molar-refractivity contribution in [1.29, 1.82) is 0 Å². The molecule has 104 valence electrons. The lowest BCUT2D eigenvalue weighted by atomic mass is 10.1. The molecule has 0 radical (unpaired) electrons. The van der Waals surface area contributed by atoms with Crippen LogP contribution in [-0.4, -0.2) is 5.78 Å². The minimum absolute atomic E-state index is 0.101. The molecule has 0 aliphatic carbocycles. The third kappa shape index (κ3) is 5.50. The molecule has 0 aromatic heterocycles. The van der Waals surface area contributed by atoms with E-state index in [1.807, 2.05) is 36.4 Å². The van der Waals surface area contributed by atoms with Gasteiger partial charge in [-0.2, -0.15) is 0 Å². The Hall–Kier alpha value is -2.59. The van der Waals surface area contributed by atoms with Crippen LogP contribution >= 0.6 is 0 Å². The van der Waals surface area contributed by atoms with Crippen molar-refractivity contribution in [3.63, 3.8) is 0 Å². The van der Waals surface area contributed by atoms with E-state index < -0.39 is 0 Å². The summed E-state index contributed by atoms with van der Waals surface area (Å²) >= 11 is 0. The van der Waals surface area contributed by atoms with Crippen LogP contribution in [0.5, 0.6) is 0 Å². The zero-order valence-electron chi connectivity index (χ0n) is 12.0. The van der Waals surface area contributed by atoms with Crippen LogP contribution in [0.2, 0.25) is 0 Å². The van der Waals surface area contributed by atoms with Crippen molar-refractivity contribution in [1.82, 2.24) is 0 Å². The third-order valence-corrected chi connectivity index (χ3v) is 3.02. The summed E-state index contributed by atoms with van der Waals surface area (Å²) in [5.74, 6) is 5.54. The molecule has 1 heteroatoms. The van der Waals surface area contributed by atoms with Crippen molar-refractivity contribution in [2.45, 2.75) is 19.3 Å². The van der Waals surface area contributed by atoms with Crippen LogP contribution < -0.4 is 0 Å². The highest BCUT2D eigenvalue weighted by Gasteiger charge is 1.98. The number of hydrogen-bond acceptors (Lipinski definition) is 1. The van der Waals surface area contributed by atoms with E-state index in [1.165, 1.54) is 5.56 Å². The third-order valence-electron chi connectivity index (χ3n) is 3.02. The summed E-state index contributed by atoms with van der Waals surface area (Å²) in [6, 6.07) is 19.4. The number of hydrogen-bond donors (Lipinski definition) is 0. The highest BCUT2D eigenvalue weighted by Crippen LogP contribution is 2.04. The maximum atomic E-state index is 11.7. The van der Waals surface area contributed by atoms with Crippen LogP contribution in [0.3, 0.4) is 0 Å². The molecule has 0 unspecified atom stereocenters. The van der Waals surface area contributed by atoms with E-state index in [-0.39, 0.29) is 5.78 Å². The Morgan fingerprint density at radius 2 is 1.62 bits per heavy atom. The first-order valence-electron chi connectivity index (χ1n) is 7.16. The fourth-order valence-corrected chi connectivity index (χ4v) is 1.90. The highest BCUT2D eigenvalue weighted by atomic mass is 16.1. The molecule has 0 spiro atoms. The minimum Gasteiger partial charge on any atom is -0.279 e. The van der Waals surface area contributed by atoms with Crippen molar-refractivity contribution in [3.8, 4) is 11.8 Å². The van der Waals surface area contributed by atoms with Crippen LogP contribution in [0.15, 0.2) is 66.7 Å². The number of allylic oxidation sites excluding steroid dienone is 1. The van der Waals surface area contributed by atoms with E-state index in [1.54, 1.807) is 12.1 Å². The molecular weight excluding hydrogens is 256 g/mol. The topological polar surface area (TPSA) is 17.1 Å². The van der Waals surface area contributed by atoms with E-state index in [2.05, 4.69) is 36.1 Å². The van der Waals surface area contributed by atoms with E-state index >= 15 is 0 Å². The minimum atomic E-state index is -0.101. The van der Waals surface area contributed by atoms with Crippen molar-refractivity contribution in [2.24, 2.45) is 0 Å². The summed E-state index contributed by atoms with van der Waals surface area (Å²) in [6.45, 7) is 0. The molecule has 0 N–H and O–H groups in total. The Kier molecular flexibility index (Phi) is 6.03. The number of rotatable bonds is 5. The lowest BCUT2D eigenvalue weighted by Gasteiger charge is -1.92. The molecule has 0 bridgehead atoms. The van der Waals surface area contributed by atoms with Crippen LogP contribution in [0.1, 0.15) is 35.2 Å². The summed E-state index contributed by atoms with van der Waals surface area (Å²) < 4.78 is 0. The quantitative estimate of drug-likeness (QED) is 0.332. The summed E-state index contributed by atoms with van der Waals surface area (Å²) in [5.41, 5.74) is 1.87. The van der Waals surface area contributed by atoms with Crippen LogP contribution in [0.25, 0.3) is 6.08 Å². The average molecular weight is 274 g/mol. The van der Waals surface area contributed by atoms with Gasteiger partial charge in [0.2, 0.25) is 5.78 Å². The first-order chi connectivity index (χ1) is 10.4. The van der Waals surface area contributed by atoms with Gasteiger partial charge in [0.15, 0.2) is 0 Å². The number of unbranched alkanes of at least 4 members (excludes halogenated alkanes) is 2. The van der Waals surface area contributed by atoms with Gasteiger partial charge in [0.25, 0.3) is 0 Å². The Morgan fingerprint density at radius 1 is 0.952 bits per heavy atom. The predicted molar refractivity (Wildman–Crippen MR) is 87.9 cm³/mol. The number of Topliss-reactive ketones (excluding diaryl/α,β-unsaturated/α-hetero) is 1. The summed E-state index contributed by atoms with van der Waals surface area (Å²) in [4.78, 5) is 11.7. The maximum Gasteiger partial charge on any atom is 0.235 e. The van der Waals surface area contributed by atoms with E-state index in [0.717, 1.165) is 19.3 Å². The van der Waals surface area contributed by atoms with Crippen molar-refractivity contribution >= 4 is 11.9 Å². The zero-order chi connectivity index (χ0) is 14.8. The van der Waals surface area contributed by atoms with E-state index in [4.69, 9.17) is 0 Å². The largest absolute Gasteiger partial charge is 0.279 e. The van der Waals surface area contributed by atoms with Crippen LogP contribution in [0, 0.1) is 11.8 Å². The molecule has 0 fully saturated rings. The Morgan fingerprint density at radius 3 is 2.33 bits per heavy atom. The molecule has 2 aromatic rings. The molecule has 0 heterocycles. The Labute approximate surface area is 126 Å². The number of benzene rings is 2. The second-order valence-electron chi connectivity index (χ2n) is 4.70. The molecular formula is C20H18O. The van der Waals surface area contributed by atoms with Gasteiger partial charge < -0.3 is 0 Å². The van der Waals surface area contributed by atoms with Gasteiger partial charge in [-0.3, -0.25) is 4.79 Å². The molecule has 21 heavy (non-hydrogen) atoms. The molecule has 1 nitrogen and oxygen atoms in total. The summed E-state index contributed by atoms with van der Waals surface area (Å²) in [6.07, 6.45) is 6.96. The van der Waals surface area contributed by atoms with Crippen molar-refractivity contribution in [2.75, 3.05) is 0 Å². The SMILES string of the molecule is O=C(C#CCCC/C=C/c1ccccc1)c1ccccc1. The molecule has 0 amide bonds. The van der Waals surface area contributed by atoms with Gasteiger partial charge in [0.1, 0.15) is 0 Å². The molecule has 0 aliphatic rings. The molecule has 0 saturated carbocycles. The first-order valence-corrected chi connectivity index (χ1v) is 7.16. The van der Waals surface area contributed by atoms with Crippen molar-refractivity contribution < 1.29 is 4.79 Å². The molecule has 2 rings (SSSR count). The fourth-order valence-electron chi connectivity index (χ4n) is 1.90. The van der Waals surface area contributed by atoms with Gasteiger partial charge in [0.05, 0.1) is 0 Å². The van der Waals surface area contributed by atoms with E-state index in [0.29, 0.717) is 5.56 Å². The number of carbonyl (C=O) groups is 1. The summed E-state index contributed by atoms with van der Waals surface area (Å²) in [7, 11) is 0. The summed E-state index contributed by atoms with van der Waals surface area (Å²) in [5, 5.41) is 0. The van der Waals surface area contributed by atoms with Crippen LogP contribution in [-0.2, 0) is 0 Å². The fraction of sp³-hybridized carbons (Fsp3) is 0.150. The number of ketones is 1. The lowest BCUT2D eigenvalue weighted by Crippen LogP contribution is -1.93. The van der Waals surface area contributed by atoms with E-state index in [9.17, 15) is 4.79 Å². The predicted octanol–water partition coefficient (Wildman–Crippen LogP) is 4.76. The smallest absolute Gasteiger partial charge is 0.235 e. The maximum absolute atomic E-state index is 11.7.